The van der Waals surface area contributed by atoms with Crippen molar-refractivity contribution in [3.63, 3.8) is 0 Å². The summed E-state index contributed by atoms with van der Waals surface area (Å²) in [5, 5.41) is 23.7. The van der Waals surface area contributed by atoms with Crippen molar-refractivity contribution in [2.45, 2.75) is 18.5 Å². The lowest BCUT2D eigenvalue weighted by molar-refractivity contribution is -0.384. The summed E-state index contributed by atoms with van der Waals surface area (Å²) in [5.74, 6) is -4.36. The number of amides is 2. The Kier molecular flexibility index (Phi) is 4.20. The van der Waals surface area contributed by atoms with Crippen LogP contribution in [0.3, 0.4) is 0 Å². The van der Waals surface area contributed by atoms with Gasteiger partial charge in [-0.3, -0.25) is 29.8 Å². The number of hydrogen-bond donors (Lipinski definition) is 2. The minimum Gasteiger partial charge on any atom is -0.480 e. The monoisotopic (exact) mass is 395 g/mol. The summed E-state index contributed by atoms with van der Waals surface area (Å²) >= 11 is 0. The fourth-order valence-electron chi connectivity index (χ4n) is 4.26. The van der Waals surface area contributed by atoms with Crippen molar-refractivity contribution in [2.24, 2.45) is 11.8 Å². The first-order valence-electron chi connectivity index (χ1n) is 8.94. The third-order valence-electron chi connectivity index (χ3n) is 5.71. The number of carboxylic acids is 1. The Hall–Kier alpha value is -3.59. The molecule has 2 N–H and O–H groups in total. The Morgan fingerprint density at radius 3 is 2.28 bits per heavy atom. The molecule has 9 heteroatoms. The molecule has 2 amide bonds. The second-order valence-corrected chi connectivity index (χ2v) is 7.33. The molecule has 4 atom stereocenters. The van der Waals surface area contributed by atoms with Crippen LogP contribution < -0.4 is 10.2 Å². The van der Waals surface area contributed by atoms with Gasteiger partial charge in [-0.2, -0.15) is 0 Å². The molecule has 29 heavy (non-hydrogen) atoms. The highest BCUT2D eigenvalue weighted by Gasteiger charge is 2.66. The zero-order chi connectivity index (χ0) is 20.9. The molecule has 0 saturated carbocycles. The summed E-state index contributed by atoms with van der Waals surface area (Å²) in [6.45, 7) is 1.39. The van der Waals surface area contributed by atoms with Crippen molar-refractivity contribution < 1.29 is 24.4 Å². The molecule has 2 fully saturated rings. The van der Waals surface area contributed by atoms with E-state index in [0.717, 1.165) is 4.90 Å². The highest BCUT2D eigenvalue weighted by Crippen LogP contribution is 2.49. The molecular formula is C20H17N3O6. The quantitative estimate of drug-likeness (QED) is 0.459. The van der Waals surface area contributed by atoms with Gasteiger partial charge in [0.25, 0.3) is 5.69 Å². The number of nitrogens with zero attached hydrogens (tertiary/aromatic N) is 2. The SMILES string of the molecule is C[C@]1(C(=O)O)N[C@@H](c2ccc([N+](=O)[O-])cc2)[C@H]2C(=O)N(c3ccccc3)C(=O)[C@H]21. The van der Waals surface area contributed by atoms with Crippen LogP contribution in [0.5, 0.6) is 0 Å². The zero-order valence-electron chi connectivity index (χ0n) is 15.3. The largest absolute Gasteiger partial charge is 0.480 e. The molecule has 9 nitrogen and oxygen atoms in total. The van der Waals surface area contributed by atoms with E-state index in [4.69, 9.17) is 0 Å². The van der Waals surface area contributed by atoms with E-state index in [1.54, 1.807) is 30.3 Å². The molecule has 4 rings (SSSR count). The molecule has 2 aromatic rings. The summed E-state index contributed by atoms with van der Waals surface area (Å²) in [7, 11) is 0. The topological polar surface area (TPSA) is 130 Å². The first-order valence-corrected chi connectivity index (χ1v) is 8.94. The van der Waals surface area contributed by atoms with E-state index in [1.165, 1.54) is 31.2 Å². The average molecular weight is 395 g/mol. The minimum absolute atomic E-state index is 0.121. The van der Waals surface area contributed by atoms with Gasteiger partial charge in [-0.05, 0) is 24.6 Å². The van der Waals surface area contributed by atoms with Gasteiger partial charge in [-0.15, -0.1) is 0 Å². The average Bonchev–Trinajstić information content (AvgIpc) is 3.17. The van der Waals surface area contributed by atoms with Gasteiger partial charge in [0.2, 0.25) is 11.8 Å². The molecule has 2 aliphatic rings. The fourth-order valence-corrected chi connectivity index (χ4v) is 4.26. The first kappa shape index (κ1) is 18.8. The number of hydrogen-bond acceptors (Lipinski definition) is 6. The van der Waals surface area contributed by atoms with Crippen LogP contribution in [-0.4, -0.2) is 33.4 Å². The number of rotatable bonds is 4. The normalized spacial score (nSPS) is 28.4. The third kappa shape index (κ3) is 2.70. The number of anilines is 1. The number of nitro benzene ring substituents is 1. The van der Waals surface area contributed by atoms with Crippen LogP contribution in [0, 0.1) is 22.0 Å². The predicted molar refractivity (Wildman–Crippen MR) is 101 cm³/mol. The maximum Gasteiger partial charge on any atom is 0.324 e. The Labute approximate surface area is 165 Å². The van der Waals surface area contributed by atoms with Gasteiger partial charge in [0.15, 0.2) is 0 Å². The molecule has 2 heterocycles. The van der Waals surface area contributed by atoms with Gasteiger partial charge in [-0.25, -0.2) is 4.90 Å². The zero-order valence-corrected chi connectivity index (χ0v) is 15.3. The Morgan fingerprint density at radius 2 is 1.72 bits per heavy atom. The standard InChI is InChI=1S/C20H17N3O6/c1-20(19(26)27)15-14(16(21-20)11-7-9-13(10-8-11)23(28)29)17(24)22(18(15)25)12-5-3-2-4-6-12/h2-10,14-16,21H,1H3,(H,26,27)/t14-,15-,16-,20-/m0/s1. The molecule has 2 aliphatic heterocycles. The van der Waals surface area contributed by atoms with Gasteiger partial charge in [-0.1, -0.05) is 30.3 Å². The molecule has 2 saturated heterocycles. The molecule has 0 aromatic heterocycles. The maximum atomic E-state index is 13.2. The van der Waals surface area contributed by atoms with Crippen LogP contribution in [0.25, 0.3) is 0 Å². The molecular weight excluding hydrogens is 378 g/mol. The Morgan fingerprint density at radius 1 is 1.10 bits per heavy atom. The van der Waals surface area contributed by atoms with Crippen LogP contribution in [0.1, 0.15) is 18.5 Å². The predicted octanol–water partition coefficient (Wildman–Crippen LogP) is 1.89. The number of nitro groups is 1. The van der Waals surface area contributed by atoms with E-state index >= 15 is 0 Å². The highest BCUT2D eigenvalue weighted by atomic mass is 16.6. The van der Waals surface area contributed by atoms with Crippen LogP contribution in [-0.2, 0) is 14.4 Å². The van der Waals surface area contributed by atoms with E-state index in [2.05, 4.69) is 5.32 Å². The Balaban J connectivity index is 1.79. The minimum atomic E-state index is -1.66. The van der Waals surface area contributed by atoms with Crippen molar-refractivity contribution in [2.75, 3.05) is 4.90 Å². The van der Waals surface area contributed by atoms with Crippen molar-refractivity contribution in [3.8, 4) is 0 Å². The number of carbonyl (C=O) groups excluding carboxylic acids is 2. The molecule has 2 aromatic carbocycles. The smallest absolute Gasteiger partial charge is 0.324 e. The van der Waals surface area contributed by atoms with Gasteiger partial charge in [0.1, 0.15) is 5.54 Å². The number of carboxylic acid groups (broad SMARTS) is 1. The highest BCUT2D eigenvalue weighted by molar-refractivity contribution is 6.24. The summed E-state index contributed by atoms with van der Waals surface area (Å²) in [4.78, 5) is 49.8. The lowest BCUT2D eigenvalue weighted by atomic mass is 9.80. The number of aliphatic carboxylic acids is 1. The van der Waals surface area contributed by atoms with Crippen LogP contribution >= 0.6 is 0 Å². The van der Waals surface area contributed by atoms with Crippen LogP contribution in [0.2, 0.25) is 0 Å². The van der Waals surface area contributed by atoms with Crippen LogP contribution in [0.4, 0.5) is 11.4 Å². The number of nitrogens with one attached hydrogen (secondary N) is 1. The molecule has 0 bridgehead atoms. The van der Waals surface area contributed by atoms with Gasteiger partial charge >= 0.3 is 5.97 Å². The molecule has 0 spiro atoms. The summed E-state index contributed by atoms with van der Waals surface area (Å²) in [6.07, 6.45) is 0. The summed E-state index contributed by atoms with van der Waals surface area (Å²) < 4.78 is 0. The lowest BCUT2D eigenvalue weighted by Gasteiger charge is -2.27. The van der Waals surface area contributed by atoms with Crippen molar-refractivity contribution >= 4 is 29.2 Å². The van der Waals surface area contributed by atoms with Crippen molar-refractivity contribution in [1.82, 2.24) is 5.32 Å². The number of carbonyl (C=O) groups is 3. The Bertz CT molecular complexity index is 1020. The van der Waals surface area contributed by atoms with Gasteiger partial charge < -0.3 is 5.11 Å². The molecule has 0 aliphatic carbocycles. The second-order valence-electron chi connectivity index (χ2n) is 7.33. The number of fused-ring (bicyclic) bond motifs is 1. The van der Waals surface area contributed by atoms with E-state index in [0.29, 0.717) is 11.3 Å². The van der Waals surface area contributed by atoms with E-state index in [9.17, 15) is 29.6 Å². The second kappa shape index (κ2) is 6.49. The van der Waals surface area contributed by atoms with Gasteiger partial charge in [0.05, 0.1) is 22.4 Å². The van der Waals surface area contributed by atoms with Gasteiger partial charge in [0, 0.05) is 18.2 Å². The first-order chi connectivity index (χ1) is 13.8. The summed E-state index contributed by atoms with van der Waals surface area (Å²) in [5.41, 5.74) is -0.893. The molecule has 148 valence electrons. The summed E-state index contributed by atoms with van der Waals surface area (Å²) in [6, 6.07) is 13.1. The van der Waals surface area contributed by atoms with E-state index in [1.807, 2.05) is 0 Å². The number of imide groups is 1. The maximum absolute atomic E-state index is 13.2. The molecule has 0 unspecified atom stereocenters. The van der Waals surface area contributed by atoms with Crippen LogP contribution in [0.15, 0.2) is 54.6 Å². The van der Waals surface area contributed by atoms with E-state index < -0.39 is 46.1 Å². The van der Waals surface area contributed by atoms with Crippen molar-refractivity contribution in [1.29, 1.82) is 0 Å². The third-order valence-corrected chi connectivity index (χ3v) is 5.71. The van der Waals surface area contributed by atoms with E-state index in [-0.39, 0.29) is 5.69 Å². The number of benzene rings is 2. The fraction of sp³-hybridized carbons (Fsp3) is 0.250. The number of para-hydroxylation sites is 1. The number of non-ortho nitro benzene ring substituents is 1. The lowest BCUT2D eigenvalue weighted by Crippen LogP contribution is -2.53. The molecule has 0 radical (unpaired) electrons. The van der Waals surface area contributed by atoms with Crippen molar-refractivity contribution in [3.05, 3.63) is 70.3 Å².